The summed E-state index contributed by atoms with van der Waals surface area (Å²) in [6.45, 7) is 10.2. The van der Waals surface area contributed by atoms with Gasteiger partial charge in [-0.15, -0.1) is 0 Å². The molecule has 3 aliphatic carbocycles. The number of rotatable bonds is 2. The molecule has 1 amide bonds. The number of hydrogen-bond donors (Lipinski definition) is 1. The summed E-state index contributed by atoms with van der Waals surface area (Å²) in [7, 11) is 0. The topological polar surface area (TPSA) is 38.3 Å². The average Bonchev–Trinajstić information content (AvgIpc) is 2.77. The van der Waals surface area contributed by atoms with Crippen molar-refractivity contribution in [2.45, 2.75) is 84.8 Å². The molecule has 1 N–H and O–H groups in total. The fourth-order valence-electron chi connectivity index (χ4n) is 7.07. The number of hydrogen-bond acceptors (Lipinski definition) is 2. The van der Waals surface area contributed by atoms with Gasteiger partial charge in [0.25, 0.3) is 0 Å². The smallest absolute Gasteiger partial charge is 0.243 e. The molecule has 3 nitrogen and oxygen atoms in total. The zero-order valence-electron chi connectivity index (χ0n) is 16.4. The van der Waals surface area contributed by atoms with E-state index in [-0.39, 0.29) is 11.3 Å². The average molecular weight is 346 g/mol. The van der Waals surface area contributed by atoms with Gasteiger partial charge in [0.15, 0.2) is 0 Å². The monoisotopic (exact) mass is 345 g/mol. The summed E-state index contributed by atoms with van der Waals surface area (Å²) >= 11 is 0. The molecule has 3 fully saturated rings. The van der Waals surface area contributed by atoms with Gasteiger partial charge in [-0.1, -0.05) is 19.4 Å². The first-order chi connectivity index (χ1) is 11.8. The maximum absolute atomic E-state index is 12.0. The molecule has 3 saturated carbocycles. The highest BCUT2D eigenvalue weighted by molar-refractivity contribution is 5.88. The minimum Gasteiger partial charge on any atom is -0.375 e. The predicted octanol–water partition coefficient (Wildman–Crippen LogP) is 4.47. The third-order valence-electron chi connectivity index (χ3n) is 8.33. The molecule has 0 unspecified atom stereocenters. The summed E-state index contributed by atoms with van der Waals surface area (Å²) in [5.74, 6) is 2.50. The summed E-state index contributed by atoms with van der Waals surface area (Å²) in [4.78, 5) is 12.0. The quantitative estimate of drug-likeness (QED) is 0.802. The van der Waals surface area contributed by atoms with Crippen molar-refractivity contribution in [1.29, 1.82) is 0 Å². The van der Waals surface area contributed by atoms with Gasteiger partial charge in [-0.3, -0.25) is 4.79 Å². The van der Waals surface area contributed by atoms with E-state index in [0.29, 0.717) is 17.6 Å². The Morgan fingerprint density at radius 3 is 2.68 bits per heavy atom. The van der Waals surface area contributed by atoms with E-state index in [1.54, 1.807) is 0 Å². The summed E-state index contributed by atoms with van der Waals surface area (Å²) in [5, 5.41) is 3.07. The number of ether oxygens (including phenoxy) is 1. The van der Waals surface area contributed by atoms with Crippen molar-refractivity contribution in [3.8, 4) is 0 Å². The standard InChI is InChI=1S/C22H35NO2/c1-14(2)25-19-8-7-17-16-6-5-15-13-20(24)23-12-11-21(15,3)18(16)9-10-22(17,19)4/h13-14,16-19H,5-12H2,1-4H3,(H,23,24)/t16-,17-,18-,19-,21-,22-/m0/s1. The van der Waals surface area contributed by atoms with Crippen LogP contribution in [0.15, 0.2) is 11.6 Å². The van der Waals surface area contributed by atoms with Crippen LogP contribution in [0.5, 0.6) is 0 Å². The van der Waals surface area contributed by atoms with Crippen molar-refractivity contribution >= 4 is 5.91 Å². The van der Waals surface area contributed by atoms with Crippen molar-refractivity contribution < 1.29 is 9.53 Å². The van der Waals surface area contributed by atoms with Gasteiger partial charge >= 0.3 is 0 Å². The van der Waals surface area contributed by atoms with E-state index in [0.717, 1.165) is 37.1 Å². The highest BCUT2D eigenvalue weighted by atomic mass is 16.5. The van der Waals surface area contributed by atoms with Crippen LogP contribution >= 0.6 is 0 Å². The second kappa shape index (κ2) is 6.11. The SMILES string of the molecule is CC(C)O[C@H]1CC[C@H]2[C@@H]3CCC4=CC(=O)NCC[C@]4(C)[C@H]3CC[C@]12C. The largest absolute Gasteiger partial charge is 0.375 e. The van der Waals surface area contributed by atoms with Crippen LogP contribution in [0.3, 0.4) is 0 Å². The molecule has 4 aliphatic rings. The molecule has 0 saturated heterocycles. The molecule has 1 heterocycles. The maximum Gasteiger partial charge on any atom is 0.243 e. The van der Waals surface area contributed by atoms with Crippen LogP contribution in [0, 0.1) is 28.6 Å². The Morgan fingerprint density at radius 2 is 1.92 bits per heavy atom. The van der Waals surface area contributed by atoms with E-state index in [1.165, 1.54) is 37.7 Å². The molecule has 3 heteroatoms. The van der Waals surface area contributed by atoms with Crippen LogP contribution in [0.2, 0.25) is 0 Å². The highest BCUT2D eigenvalue weighted by Crippen LogP contribution is 2.65. The van der Waals surface area contributed by atoms with E-state index in [9.17, 15) is 4.79 Å². The lowest BCUT2D eigenvalue weighted by molar-refractivity contribution is -0.116. The Labute approximate surface area is 153 Å². The molecule has 25 heavy (non-hydrogen) atoms. The Kier molecular flexibility index (Phi) is 4.30. The van der Waals surface area contributed by atoms with Gasteiger partial charge in [0.05, 0.1) is 12.2 Å². The Hall–Kier alpha value is -0.830. The van der Waals surface area contributed by atoms with Gasteiger partial charge in [0.1, 0.15) is 0 Å². The van der Waals surface area contributed by atoms with Crippen LogP contribution in [-0.2, 0) is 9.53 Å². The number of fused-ring (bicyclic) bond motifs is 5. The third kappa shape index (κ3) is 2.69. The molecule has 0 aromatic carbocycles. The Bertz CT molecular complexity index is 583. The van der Waals surface area contributed by atoms with Gasteiger partial charge in [-0.2, -0.15) is 0 Å². The first kappa shape index (κ1) is 17.6. The van der Waals surface area contributed by atoms with Gasteiger partial charge in [0, 0.05) is 12.6 Å². The lowest BCUT2D eigenvalue weighted by Gasteiger charge is -2.57. The van der Waals surface area contributed by atoms with Crippen molar-refractivity contribution in [3.05, 3.63) is 11.6 Å². The van der Waals surface area contributed by atoms with E-state index in [4.69, 9.17) is 4.74 Å². The van der Waals surface area contributed by atoms with Crippen molar-refractivity contribution in [2.24, 2.45) is 28.6 Å². The van der Waals surface area contributed by atoms with Crippen LogP contribution in [0.4, 0.5) is 0 Å². The van der Waals surface area contributed by atoms with Crippen LogP contribution in [-0.4, -0.2) is 24.7 Å². The van der Waals surface area contributed by atoms with Gasteiger partial charge in [-0.25, -0.2) is 0 Å². The number of carbonyl (C=O) groups is 1. The fourth-order valence-corrected chi connectivity index (χ4v) is 7.07. The fraction of sp³-hybridized carbons (Fsp3) is 0.864. The summed E-state index contributed by atoms with van der Waals surface area (Å²) in [5.41, 5.74) is 2.02. The molecule has 140 valence electrons. The minimum absolute atomic E-state index is 0.129. The number of nitrogens with one attached hydrogen (secondary N) is 1. The molecule has 4 rings (SSSR count). The van der Waals surface area contributed by atoms with Gasteiger partial charge in [0.2, 0.25) is 5.91 Å². The summed E-state index contributed by atoms with van der Waals surface area (Å²) in [6, 6.07) is 0. The normalized spacial score (nSPS) is 46.6. The number of allylic oxidation sites excluding steroid dienone is 1. The Balaban J connectivity index is 1.62. The second-order valence-electron chi connectivity index (χ2n) is 9.84. The molecule has 6 atom stereocenters. The molecular formula is C22H35NO2. The summed E-state index contributed by atoms with van der Waals surface area (Å²) in [6.07, 6.45) is 11.4. The second-order valence-corrected chi connectivity index (χ2v) is 9.84. The first-order valence-corrected chi connectivity index (χ1v) is 10.5. The Morgan fingerprint density at radius 1 is 1.12 bits per heavy atom. The molecule has 0 aromatic rings. The number of amides is 1. The zero-order chi connectivity index (χ0) is 17.8. The van der Waals surface area contributed by atoms with Crippen molar-refractivity contribution in [1.82, 2.24) is 5.32 Å². The van der Waals surface area contributed by atoms with Crippen molar-refractivity contribution in [2.75, 3.05) is 6.54 Å². The highest BCUT2D eigenvalue weighted by Gasteiger charge is 2.59. The molecule has 0 radical (unpaired) electrons. The lowest BCUT2D eigenvalue weighted by atomic mass is 9.48. The first-order valence-electron chi connectivity index (χ1n) is 10.5. The molecular weight excluding hydrogens is 310 g/mol. The zero-order valence-corrected chi connectivity index (χ0v) is 16.4. The van der Waals surface area contributed by atoms with Crippen LogP contribution < -0.4 is 5.32 Å². The van der Waals surface area contributed by atoms with Gasteiger partial charge in [-0.05, 0) is 87.4 Å². The lowest BCUT2D eigenvalue weighted by Crippen LogP contribution is -2.51. The van der Waals surface area contributed by atoms with Crippen LogP contribution in [0.25, 0.3) is 0 Å². The van der Waals surface area contributed by atoms with E-state index in [1.807, 2.05) is 6.08 Å². The minimum atomic E-state index is 0.129. The summed E-state index contributed by atoms with van der Waals surface area (Å²) < 4.78 is 6.36. The van der Waals surface area contributed by atoms with E-state index in [2.05, 4.69) is 33.0 Å². The number of carbonyl (C=O) groups excluding carboxylic acids is 1. The molecule has 1 aliphatic heterocycles. The predicted molar refractivity (Wildman–Crippen MR) is 100 cm³/mol. The molecule has 0 aromatic heterocycles. The molecule has 0 bridgehead atoms. The third-order valence-corrected chi connectivity index (χ3v) is 8.33. The van der Waals surface area contributed by atoms with Crippen LogP contribution in [0.1, 0.15) is 72.6 Å². The molecule has 0 spiro atoms. The van der Waals surface area contributed by atoms with E-state index < -0.39 is 0 Å². The van der Waals surface area contributed by atoms with Gasteiger partial charge < -0.3 is 10.1 Å². The van der Waals surface area contributed by atoms with E-state index >= 15 is 0 Å². The van der Waals surface area contributed by atoms with Crippen molar-refractivity contribution in [3.63, 3.8) is 0 Å². The maximum atomic E-state index is 12.0.